The van der Waals surface area contributed by atoms with Gasteiger partial charge >= 0.3 is 0 Å². The fraction of sp³-hybridized carbons (Fsp3) is 0.692. The molecule has 2 aromatic rings. The molecule has 0 bridgehead atoms. The third kappa shape index (κ3) is 5.38. The lowest BCUT2D eigenvalue weighted by Gasteiger charge is -2.39. The number of benzene rings is 1. The number of aromatic nitrogens is 2. The van der Waals surface area contributed by atoms with Crippen LogP contribution in [0.25, 0.3) is 11.0 Å². The van der Waals surface area contributed by atoms with Gasteiger partial charge in [-0.25, -0.2) is 4.98 Å². The van der Waals surface area contributed by atoms with Gasteiger partial charge in [0.05, 0.1) is 11.0 Å². The van der Waals surface area contributed by atoms with E-state index in [0.717, 1.165) is 61.8 Å². The minimum atomic E-state index is 0.109. The number of nitrogens with two attached hydrogens (primary N) is 1. The Morgan fingerprint density at radius 3 is 2.48 bits per heavy atom. The van der Waals surface area contributed by atoms with Gasteiger partial charge in [0.25, 0.3) is 5.56 Å². The minimum Gasteiger partial charge on any atom is -0.328 e. The summed E-state index contributed by atoms with van der Waals surface area (Å²) in [6.45, 7) is 6.71. The number of aryl methyl sites for hydroxylation is 1. The minimum absolute atomic E-state index is 0.109. The molecule has 4 atom stereocenters. The maximum atomic E-state index is 13.3. The lowest BCUT2D eigenvalue weighted by molar-refractivity contribution is 0.101. The molecular weight excluding hydrogens is 384 g/mol. The second kappa shape index (κ2) is 10.3. The third-order valence-corrected chi connectivity index (χ3v) is 7.66. The molecule has 170 valence electrons. The van der Waals surface area contributed by atoms with E-state index >= 15 is 0 Å². The van der Waals surface area contributed by atoms with Crippen molar-refractivity contribution in [3.63, 3.8) is 0 Å². The largest absolute Gasteiger partial charge is 0.328 e. The van der Waals surface area contributed by atoms with E-state index in [1.54, 1.807) is 0 Å². The van der Waals surface area contributed by atoms with Gasteiger partial charge in [-0.3, -0.25) is 9.69 Å². The zero-order valence-electron chi connectivity index (χ0n) is 19.4. The predicted octanol–water partition coefficient (Wildman–Crippen LogP) is 4.50. The molecule has 31 heavy (non-hydrogen) atoms. The zero-order valence-corrected chi connectivity index (χ0v) is 19.4. The van der Waals surface area contributed by atoms with Crippen LogP contribution in [0.3, 0.4) is 0 Å². The second-order valence-corrected chi connectivity index (χ2v) is 10.1. The molecule has 2 fully saturated rings. The molecule has 1 saturated carbocycles. The lowest BCUT2D eigenvalue weighted by atomic mass is 9.97. The van der Waals surface area contributed by atoms with Crippen molar-refractivity contribution in [1.29, 1.82) is 0 Å². The monoisotopic (exact) mass is 424 g/mol. The van der Waals surface area contributed by atoms with E-state index in [4.69, 9.17) is 10.7 Å². The van der Waals surface area contributed by atoms with Crippen LogP contribution in [0.5, 0.6) is 0 Å². The molecule has 1 aliphatic carbocycles. The Morgan fingerprint density at radius 2 is 1.74 bits per heavy atom. The summed E-state index contributed by atoms with van der Waals surface area (Å²) >= 11 is 0. The Morgan fingerprint density at radius 1 is 1.00 bits per heavy atom. The maximum Gasteiger partial charge on any atom is 0.272 e. The highest BCUT2D eigenvalue weighted by atomic mass is 16.1. The number of piperidine rings is 1. The smallest absolute Gasteiger partial charge is 0.272 e. The fourth-order valence-electron chi connectivity index (χ4n) is 5.83. The first-order valence-corrected chi connectivity index (χ1v) is 12.5. The average Bonchev–Trinajstić information content (AvgIpc) is 3.16. The molecular formula is C26H40N4O. The van der Waals surface area contributed by atoms with Crippen LogP contribution >= 0.6 is 0 Å². The van der Waals surface area contributed by atoms with Gasteiger partial charge in [0.1, 0.15) is 5.69 Å². The molecule has 0 spiro atoms. The van der Waals surface area contributed by atoms with Crippen molar-refractivity contribution in [2.75, 3.05) is 6.54 Å². The van der Waals surface area contributed by atoms with Gasteiger partial charge < -0.3 is 10.3 Å². The van der Waals surface area contributed by atoms with E-state index in [1.807, 2.05) is 28.8 Å². The van der Waals surface area contributed by atoms with Crippen molar-refractivity contribution in [2.24, 2.45) is 11.7 Å². The average molecular weight is 425 g/mol. The highest BCUT2D eigenvalue weighted by molar-refractivity contribution is 5.74. The molecule has 4 rings (SSSR count). The van der Waals surface area contributed by atoms with Crippen molar-refractivity contribution in [3.8, 4) is 0 Å². The number of likely N-dealkylation sites (tertiary alicyclic amines) is 1. The number of nitrogens with zero attached hydrogens (tertiary/aromatic N) is 3. The van der Waals surface area contributed by atoms with Crippen molar-refractivity contribution < 1.29 is 0 Å². The number of para-hydroxylation sites is 2. The Balaban J connectivity index is 1.40. The number of unbranched alkanes of at least 4 members (excludes halogenated alkanes) is 2. The predicted molar refractivity (Wildman–Crippen MR) is 128 cm³/mol. The summed E-state index contributed by atoms with van der Waals surface area (Å²) in [4.78, 5) is 20.8. The maximum absolute atomic E-state index is 13.3. The first-order valence-electron chi connectivity index (χ1n) is 12.5. The summed E-state index contributed by atoms with van der Waals surface area (Å²) in [5, 5.41) is 0. The second-order valence-electron chi connectivity index (χ2n) is 10.1. The van der Waals surface area contributed by atoms with Crippen LogP contribution in [-0.4, -0.2) is 39.1 Å². The fourth-order valence-corrected chi connectivity index (χ4v) is 5.83. The van der Waals surface area contributed by atoms with Crippen molar-refractivity contribution >= 4 is 11.0 Å². The Bertz CT molecular complexity index is 913. The van der Waals surface area contributed by atoms with E-state index in [9.17, 15) is 4.79 Å². The summed E-state index contributed by atoms with van der Waals surface area (Å²) in [7, 11) is 0. The first kappa shape index (κ1) is 22.5. The molecule has 0 radical (unpaired) electrons. The highest BCUT2D eigenvalue weighted by Crippen LogP contribution is 2.27. The Hall–Kier alpha value is -1.72. The lowest BCUT2D eigenvalue weighted by Crippen LogP contribution is -2.44. The van der Waals surface area contributed by atoms with Crippen LogP contribution < -0.4 is 11.3 Å². The van der Waals surface area contributed by atoms with E-state index in [-0.39, 0.29) is 11.6 Å². The molecule has 2 N–H and O–H groups in total. The number of fused-ring (bicyclic) bond motifs is 1. The van der Waals surface area contributed by atoms with Gasteiger partial charge in [-0.15, -0.1) is 0 Å². The van der Waals surface area contributed by atoms with Gasteiger partial charge in [0.15, 0.2) is 0 Å². The van der Waals surface area contributed by atoms with Crippen molar-refractivity contribution in [1.82, 2.24) is 14.5 Å². The molecule has 0 amide bonds. The van der Waals surface area contributed by atoms with Gasteiger partial charge in [-0.2, -0.15) is 0 Å². The molecule has 1 aromatic carbocycles. The molecule has 1 aliphatic heterocycles. The molecule has 2 unspecified atom stereocenters. The standard InChI is InChI=1S/C26H40N4O/c1-19-9-8-10-20(2)29(19)15-6-3-7-16-30-25-12-5-4-11-23(25)28-24(26(30)31)18-21-13-14-22(27)17-21/h4-5,11-12,19-22H,3,6-10,13-18,27H2,1-2H3/t19-,20+,21?,22?. The Kier molecular flexibility index (Phi) is 7.44. The number of hydrogen-bond donors (Lipinski definition) is 1. The summed E-state index contributed by atoms with van der Waals surface area (Å²) < 4.78 is 1.98. The summed E-state index contributed by atoms with van der Waals surface area (Å²) in [5.74, 6) is 0.498. The van der Waals surface area contributed by atoms with Gasteiger partial charge in [-0.05, 0) is 89.8 Å². The summed E-state index contributed by atoms with van der Waals surface area (Å²) in [6, 6.07) is 9.81. The molecule has 2 aliphatic rings. The molecule has 5 heteroatoms. The number of hydrogen-bond acceptors (Lipinski definition) is 4. The summed E-state index contributed by atoms with van der Waals surface area (Å²) in [5.41, 5.74) is 8.84. The van der Waals surface area contributed by atoms with Gasteiger partial charge in [0, 0.05) is 24.7 Å². The number of rotatable bonds is 8. The summed E-state index contributed by atoms with van der Waals surface area (Å²) in [6.07, 6.45) is 11.4. The van der Waals surface area contributed by atoms with E-state index in [1.165, 1.54) is 32.2 Å². The van der Waals surface area contributed by atoms with Crippen molar-refractivity contribution in [3.05, 3.63) is 40.3 Å². The van der Waals surface area contributed by atoms with Crippen LogP contribution in [0.4, 0.5) is 0 Å². The van der Waals surface area contributed by atoms with Crippen LogP contribution in [-0.2, 0) is 13.0 Å². The van der Waals surface area contributed by atoms with E-state index in [2.05, 4.69) is 18.7 Å². The van der Waals surface area contributed by atoms with Gasteiger partial charge in [0.2, 0.25) is 0 Å². The zero-order chi connectivity index (χ0) is 21.8. The van der Waals surface area contributed by atoms with Crippen LogP contribution in [0, 0.1) is 5.92 Å². The van der Waals surface area contributed by atoms with E-state index in [0.29, 0.717) is 18.0 Å². The highest BCUT2D eigenvalue weighted by Gasteiger charge is 2.25. The molecule has 2 heterocycles. The van der Waals surface area contributed by atoms with E-state index < -0.39 is 0 Å². The van der Waals surface area contributed by atoms with Gasteiger partial charge in [-0.1, -0.05) is 25.0 Å². The first-order chi connectivity index (χ1) is 15.0. The Labute approximate surface area is 187 Å². The third-order valence-electron chi connectivity index (χ3n) is 7.66. The molecule has 1 saturated heterocycles. The topological polar surface area (TPSA) is 64.2 Å². The van der Waals surface area contributed by atoms with Crippen LogP contribution in [0.2, 0.25) is 0 Å². The SMILES string of the molecule is C[C@@H]1CCC[C@H](C)N1CCCCCn1c(=O)c(CC2CCC(N)C2)nc2ccccc21. The normalized spacial score (nSPS) is 27.2. The molecule has 5 nitrogen and oxygen atoms in total. The van der Waals surface area contributed by atoms with Crippen LogP contribution in [0.15, 0.2) is 29.1 Å². The van der Waals surface area contributed by atoms with Crippen LogP contribution in [0.1, 0.15) is 77.3 Å². The van der Waals surface area contributed by atoms with Crippen molar-refractivity contribution in [2.45, 2.75) is 103 Å². The quantitative estimate of drug-likeness (QED) is 0.634. The molecule has 1 aromatic heterocycles.